The molecule has 0 aliphatic carbocycles. The molecular formula is C32H30N2O7S. The maximum atomic E-state index is 13.7. The second-order valence-electron chi connectivity index (χ2n) is 10.5. The van der Waals surface area contributed by atoms with Crippen molar-refractivity contribution in [3.05, 3.63) is 77.4 Å². The number of hydrogen-bond acceptors (Lipinski definition) is 9. The lowest BCUT2D eigenvalue weighted by Gasteiger charge is -2.24. The molecule has 6 rings (SSSR count). The molecule has 1 unspecified atom stereocenters. The Kier molecular flexibility index (Phi) is 7.47. The number of benzene rings is 3. The Morgan fingerprint density at radius 3 is 2.64 bits per heavy atom. The molecule has 2 aliphatic heterocycles. The van der Waals surface area contributed by atoms with E-state index in [1.54, 1.807) is 43.5 Å². The Hall–Kier alpha value is -4.57. The molecule has 0 spiro atoms. The molecule has 9 nitrogen and oxygen atoms in total. The number of thiazole rings is 1. The second-order valence-corrected chi connectivity index (χ2v) is 11.5. The van der Waals surface area contributed by atoms with Gasteiger partial charge >= 0.3 is 5.91 Å². The van der Waals surface area contributed by atoms with Crippen molar-refractivity contribution in [3.8, 4) is 23.0 Å². The van der Waals surface area contributed by atoms with E-state index < -0.39 is 17.7 Å². The quantitative estimate of drug-likeness (QED) is 0.149. The number of Topliss-reactive ketones (excluding diaryl/α,β-unsaturated/α-hetero) is 1. The third-order valence-corrected chi connectivity index (χ3v) is 8.21. The fraction of sp³-hybridized carbons (Fsp3) is 0.281. The zero-order chi connectivity index (χ0) is 29.4. The first-order chi connectivity index (χ1) is 20.3. The lowest BCUT2D eigenvalue weighted by Crippen LogP contribution is -2.29. The number of amides is 1. The number of methoxy groups -OCH3 is 1. The number of carbonyl (C=O) groups excluding carboxylic acids is 2. The van der Waals surface area contributed by atoms with Crippen LogP contribution in [0.3, 0.4) is 0 Å². The van der Waals surface area contributed by atoms with Crippen LogP contribution in [0, 0.1) is 5.92 Å². The van der Waals surface area contributed by atoms with Crippen molar-refractivity contribution in [1.82, 2.24) is 4.98 Å². The molecule has 4 aromatic rings. The van der Waals surface area contributed by atoms with Crippen LogP contribution in [0.2, 0.25) is 0 Å². The first-order valence-corrected chi connectivity index (χ1v) is 14.5. The molecular weight excluding hydrogens is 556 g/mol. The molecule has 216 valence electrons. The molecule has 1 atom stereocenters. The SMILES string of the molecule is COc1ccc2nc(N3C(=O)C(=O)/C(=C(/O)c4ccc5c(c4)OCCO5)C3c3cccc(OCCC(C)C)c3)sc2c1. The van der Waals surface area contributed by atoms with E-state index in [0.717, 1.165) is 11.1 Å². The van der Waals surface area contributed by atoms with Crippen LogP contribution in [0.4, 0.5) is 5.13 Å². The highest BCUT2D eigenvalue weighted by molar-refractivity contribution is 7.22. The molecule has 1 saturated heterocycles. The van der Waals surface area contributed by atoms with E-state index in [0.29, 0.717) is 70.5 Å². The number of aromatic nitrogens is 1. The third-order valence-electron chi connectivity index (χ3n) is 7.19. The predicted molar refractivity (Wildman–Crippen MR) is 160 cm³/mol. The lowest BCUT2D eigenvalue weighted by atomic mass is 9.95. The largest absolute Gasteiger partial charge is 0.507 e. The van der Waals surface area contributed by atoms with Crippen LogP contribution in [0.15, 0.2) is 66.2 Å². The Morgan fingerprint density at radius 2 is 1.86 bits per heavy atom. The zero-order valence-corrected chi connectivity index (χ0v) is 24.3. The van der Waals surface area contributed by atoms with Crippen molar-refractivity contribution in [2.75, 3.05) is 31.8 Å². The highest BCUT2D eigenvalue weighted by Crippen LogP contribution is 2.46. The fourth-order valence-corrected chi connectivity index (χ4v) is 6.02. The summed E-state index contributed by atoms with van der Waals surface area (Å²) >= 11 is 1.27. The number of aliphatic hydroxyl groups is 1. The third kappa shape index (κ3) is 5.14. The molecule has 3 heterocycles. The molecule has 10 heteroatoms. The Labute approximate surface area is 246 Å². The van der Waals surface area contributed by atoms with Crippen molar-refractivity contribution in [1.29, 1.82) is 0 Å². The van der Waals surface area contributed by atoms with E-state index in [9.17, 15) is 14.7 Å². The van der Waals surface area contributed by atoms with Crippen LogP contribution < -0.4 is 23.8 Å². The Bertz CT molecular complexity index is 1710. The summed E-state index contributed by atoms with van der Waals surface area (Å²) in [7, 11) is 1.58. The molecule has 1 aromatic heterocycles. The predicted octanol–water partition coefficient (Wildman–Crippen LogP) is 6.13. The minimum absolute atomic E-state index is 0.0483. The minimum atomic E-state index is -0.950. The number of ether oxygens (including phenoxy) is 4. The molecule has 0 bridgehead atoms. The minimum Gasteiger partial charge on any atom is -0.507 e. The highest BCUT2D eigenvalue weighted by Gasteiger charge is 2.48. The van der Waals surface area contributed by atoms with Crippen molar-refractivity contribution in [3.63, 3.8) is 0 Å². The monoisotopic (exact) mass is 586 g/mol. The summed E-state index contributed by atoms with van der Waals surface area (Å²) in [4.78, 5) is 33.4. The Balaban J connectivity index is 1.48. The summed E-state index contributed by atoms with van der Waals surface area (Å²) in [5.74, 6) is 0.832. The topological polar surface area (TPSA) is 107 Å². The number of rotatable bonds is 8. The lowest BCUT2D eigenvalue weighted by molar-refractivity contribution is -0.132. The number of ketones is 1. The van der Waals surface area contributed by atoms with Gasteiger partial charge in [-0.25, -0.2) is 4.98 Å². The fourth-order valence-electron chi connectivity index (χ4n) is 5.00. The van der Waals surface area contributed by atoms with Gasteiger partial charge in [-0.1, -0.05) is 37.3 Å². The van der Waals surface area contributed by atoms with Gasteiger partial charge in [0.2, 0.25) is 0 Å². The summed E-state index contributed by atoms with van der Waals surface area (Å²) in [6.45, 7) is 5.57. The number of aliphatic hydroxyl groups excluding tert-OH is 1. The van der Waals surface area contributed by atoms with Gasteiger partial charge in [-0.2, -0.15) is 0 Å². The summed E-state index contributed by atoms with van der Waals surface area (Å²) in [5.41, 5.74) is 1.55. The first kappa shape index (κ1) is 27.6. The van der Waals surface area contributed by atoms with Gasteiger partial charge in [0.05, 0.1) is 35.5 Å². The summed E-state index contributed by atoms with van der Waals surface area (Å²) < 4.78 is 23.5. The first-order valence-electron chi connectivity index (χ1n) is 13.7. The normalized spacial score (nSPS) is 17.7. The zero-order valence-electron chi connectivity index (χ0n) is 23.5. The van der Waals surface area contributed by atoms with Crippen molar-refractivity contribution < 1.29 is 33.6 Å². The van der Waals surface area contributed by atoms with E-state index in [1.807, 2.05) is 24.3 Å². The van der Waals surface area contributed by atoms with E-state index in [2.05, 4.69) is 13.8 Å². The molecule has 0 saturated carbocycles. The van der Waals surface area contributed by atoms with Crippen LogP contribution in [-0.4, -0.2) is 48.7 Å². The second kappa shape index (κ2) is 11.4. The van der Waals surface area contributed by atoms with E-state index in [1.165, 1.54) is 16.2 Å². The average Bonchev–Trinajstić information content (AvgIpc) is 3.53. The standard InChI is InChI=1S/C32H30N2O7S/c1-18(2)11-12-39-22-6-4-5-19(15-22)28-27(29(35)20-7-10-24-25(16-20)41-14-13-40-24)30(36)31(37)34(28)32-33-23-9-8-21(38-3)17-26(23)42-32/h4-10,15-18,28,35H,11-14H2,1-3H3/b29-27+. The number of carbonyl (C=O) groups is 2. The molecule has 1 N–H and O–H groups in total. The van der Waals surface area contributed by atoms with E-state index in [4.69, 9.17) is 23.9 Å². The average molecular weight is 587 g/mol. The van der Waals surface area contributed by atoms with Crippen molar-refractivity contribution >= 4 is 44.1 Å². The van der Waals surface area contributed by atoms with Crippen LogP contribution in [0.1, 0.15) is 37.4 Å². The maximum Gasteiger partial charge on any atom is 0.301 e. The van der Waals surface area contributed by atoms with Gasteiger partial charge in [0.25, 0.3) is 5.78 Å². The van der Waals surface area contributed by atoms with E-state index in [-0.39, 0.29) is 11.3 Å². The number of fused-ring (bicyclic) bond motifs is 2. The van der Waals surface area contributed by atoms with E-state index >= 15 is 0 Å². The number of hydrogen-bond donors (Lipinski definition) is 1. The molecule has 1 amide bonds. The Morgan fingerprint density at radius 1 is 1.05 bits per heavy atom. The summed E-state index contributed by atoms with van der Waals surface area (Å²) in [5, 5.41) is 11.9. The van der Waals surface area contributed by atoms with Crippen LogP contribution in [-0.2, 0) is 9.59 Å². The molecule has 1 fully saturated rings. The highest BCUT2D eigenvalue weighted by atomic mass is 32.1. The number of nitrogens with zero attached hydrogens (tertiary/aromatic N) is 2. The van der Waals surface area contributed by atoms with Crippen molar-refractivity contribution in [2.24, 2.45) is 5.92 Å². The van der Waals surface area contributed by atoms with Gasteiger partial charge in [0.1, 0.15) is 30.5 Å². The van der Waals surface area contributed by atoms with Gasteiger partial charge in [0, 0.05) is 5.56 Å². The molecule has 2 aliphatic rings. The molecule has 3 aromatic carbocycles. The van der Waals surface area contributed by atoms with Gasteiger partial charge in [0.15, 0.2) is 16.6 Å². The van der Waals surface area contributed by atoms with Crippen LogP contribution in [0.5, 0.6) is 23.0 Å². The summed E-state index contributed by atoms with van der Waals surface area (Å²) in [6.07, 6.45) is 0.877. The van der Waals surface area contributed by atoms with Crippen molar-refractivity contribution in [2.45, 2.75) is 26.3 Å². The van der Waals surface area contributed by atoms with Gasteiger partial charge in [-0.15, -0.1) is 0 Å². The van der Waals surface area contributed by atoms with Crippen LogP contribution >= 0.6 is 11.3 Å². The van der Waals surface area contributed by atoms with Crippen LogP contribution in [0.25, 0.3) is 16.0 Å². The molecule has 42 heavy (non-hydrogen) atoms. The van der Waals surface area contributed by atoms with Gasteiger partial charge in [-0.3, -0.25) is 14.5 Å². The van der Waals surface area contributed by atoms with Gasteiger partial charge in [-0.05, 0) is 66.4 Å². The smallest absolute Gasteiger partial charge is 0.301 e. The van der Waals surface area contributed by atoms with Gasteiger partial charge < -0.3 is 24.1 Å². The molecule has 0 radical (unpaired) electrons. The number of anilines is 1. The summed E-state index contributed by atoms with van der Waals surface area (Å²) in [6, 6.07) is 16.7. The maximum absolute atomic E-state index is 13.7.